The summed E-state index contributed by atoms with van der Waals surface area (Å²) in [5.74, 6) is 0. The molecule has 0 spiro atoms. The summed E-state index contributed by atoms with van der Waals surface area (Å²) < 4.78 is 29.7. The van der Waals surface area contributed by atoms with Crippen LogP contribution in [0.5, 0.6) is 0 Å². The summed E-state index contributed by atoms with van der Waals surface area (Å²) in [6, 6.07) is 1.31. The van der Waals surface area contributed by atoms with Crippen molar-refractivity contribution in [2.75, 3.05) is 6.61 Å². The molecule has 0 saturated carbocycles. The Bertz CT molecular complexity index is 274. The molecule has 130 valence electrons. The first-order chi connectivity index (χ1) is 9.83. The van der Waals surface area contributed by atoms with Crippen LogP contribution in [0.1, 0.15) is 12.8 Å². The van der Waals surface area contributed by atoms with Gasteiger partial charge in [-0.2, -0.15) is 0 Å². The minimum atomic E-state index is -2.11. The maximum absolute atomic E-state index is 6.16. The predicted molar refractivity (Wildman–Crippen MR) is 100 cm³/mol. The van der Waals surface area contributed by atoms with Gasteiger partial charge in [0.1, 0.15) is 0 Å². The van der Waals surface area contributed by atoms with Crippen LogP contribution < -0.4 is 0 Å². The van der Waals surface area contributed by atoms with Crippen LogP contribution in [0.4, 0.5) is 0 Å². The Kier molecular flexibility index (Phi) is 7.46. The molecule has 2 radical (unpaired) electrons. The highest BCUT2D eigenvalue weighted by Gasteiger charge is 2.50. The lowest BCUT2D eigenvalue weighted by atomic mass is 10.4. The zero-order valence-electron chi connectivity index (χ0n) is 15.4. The molecule has 0 N–H and O–H groups in total. The van der Waals surface area contributed by atoms with Gasteiger partial charge in [-0.15, -0.1) is 0 Å². The fourth-order valence-electron chi connectivity index (χ4n) is 2.97. The van der Waals surface area contributed by atoms with E-state index in [2.05, 4.69) is 52.4 Å². The van der Waals surface area contributed by atoms with Crippen LogP contribution in [0.15, 0.2) is 0 Å². The molecule has 2 heterocycles. The molecule has 2 aliphatic heterocycles. The molecule has 0 amide bonds. The third kappa shape index (κ3) is 8.66. The molecule has 2 rings (SSSR count). The van der Waals surface area contributed by atoms with Gasteiger partial charge in [0.25, 0.3) is 0 Å². The maximum atomic E-state index is 6.16. The number of rotatable bonds is 0. The van der Waals surface area contributed by atoms with Crippen LogP contribution in [0, 0.1) is 0 Å². The minimum Gasteiger partial charge on any atom is -0.417 e. The number of hydrogen-bond donors (Lipinski definition) is 0. The highest BCUT2D eigenvalue weighted by molar-refractivity contribution is 6.92. The van der Waals surface area contributed by atoms with Gasteiger partial charge < -0.3 is 20.9 Å². The van der Waals surface area contributed by atoms with Crippen LogP contribution in [-0.2, 0) is 20.9 Å². The zero-order valence-corrected chi connectivity index (χ0v) is 20.4. The van der Waals surface area contributed by atoms with E-state index in [1.165, 1.54) is 18.9 Å². The van der Waals surface area contributed by atoms with Crippen molar-refractivity contribution in [3.05, 3.63) is 0 Å². The molecule has 10 heteroatoms. The maximum Gasteiger partial charge on any atom is 0.314 e. The molecule has 0 atom stereocenters. The topological polar surface area (TPSA) is 46.2 Å². The Morgan fingerprint density at radius 1 is 0.591 bits per heavy atom. The van der Waals surface area contributed by atoms with Crippen molar-refractivity contribution < 1.29 is 20.9 Å². The second kappa shape index (κ2) is 7.84. The number of hydrogen-bond acceptors (Lipinski definition) is 5. The summed E-state index contributed by atoms with van der Waals surface area (Å²) in [5, 5.41) is 0. The predicted octanol–water partition coefficient (Wildman–Crippen LogP) is 3.71. The lowest BCUT2D eigenvalue weighted by molar-refractivity contribution is 0.238. The SMILES string of the molecule is C1CC[Si]OC1.C[Si]1(C)O[Si](C)(C)O[Si](C)(C)O[Si](C)(C)O1. The van der Waals surface area contributed by atoms with E-state index in [0.717, 1.165) is 16.4 Å². The molecule has 2 fully saturated rings. The first-order valence-electron chi connectivity index (χ1n) is 7.98. The summed E-state index contributed by atoms with van der Waals surface area (Å²) in [5.41, 5.74) is 0. The molecule has 0 bridgehead atoms. The second-order valence-corrected chi connectivity index (χ2v) is 23.0. The molecule has 0 aromatic rings. The van der Waals surface area contributed by atoms with Gasteiger partial charge in [-0.05, 0) is 64.8 Å². The van der Waals surface area contributed by atoms with E-state index in [9.17, 15) is 0 Å². The first-order valence-corrected chi connectivity index (χ1v) is 20.4. The largest absolute Gasteiger partial charge is 0.417 e. The monoisotopic (exact) mass is 396 g/mol. The molecule has 0 aromatic carbocycles. The van der Waals surface area contributed by atoms with Gasteiger partial charge in [0, 0.05) is 6.61 Å². The molecule has 2 aliphatic rings. The van der Waals surface area contributed by atoms with Gasteiger partial charge in [0.15, 0.2) is 0 Å². The molecule has 2 saturated heterocycles. The third-order valence-electron chi connectivity index (χ3n) is 2.84. The quantitative estimate of drug-likeness (QED) is 0.584. The molecular formula is C12H32O5Si5. The molecule has 0 unspecified atom stereocenters. The summed E-state index contributed by atoms with van der Waals surface area (Å²) in [6.45, 7) is 17.6. The van der Waals surface area contributed by atoms with Gasteiger partial charge in [-0.3, -0.25) is 0 Å². The Hall–Kier alpha value is 0.884. The zero-order chi connectivity index (χ0) is 17.1. The van der Waals surface area contributed by atoms with E-state index in [1.54, 1.807) is 0 Å². The smallest absolute Gasteiger partial charge is 0.314 e. The van der Waals surface area contributed by atoms with Crippen molar-refractivity contribution in [1.82, 2.24) is 0 Å². The molecule has 0 aromatic heterocycles. The molecule has 5 nitrogen and oxygen atoms in total. The molecule has 22 heavy (non-hydrogen) atoms. The lowest BCUT2D eigenvalue weighted by Crippen LogP contribution is -2.64. The summed E-state index contributed by atoms with van der Waals surface area (Å²) in [6.07, 6.45) is 2.67. The highest BCUT2D eigenvalue weighted by atomic mass is 28.5. The molecular weight excluding hydrogens is 365 g/mol. The normalized spacial score (nSPS) is 29.5. The van der Waals surface area contributed by atoms with E-state index in [1.807, 2.05) is 0 Å². The average molecular weight is 397 g/mol. The van der Waals surface area contributed by atoms with E-state index in [0.29, 0.717) is 0 Å². The average Bonchev–Trinajstić information content (AvgIpc) is 2.23. The van der Waals surface area contributed by atoms with Crippen molar-refractivity contribution in [2.45, 2.75) is 71.3 Å². The van der Waals surface area contributed by atoms with Crippen LogP contribution in [0.25, 0.3) is 0 Å². The van der Waals surface area contributed by atoms with Gasteiger partial charge >= 0.3 is 34.2 Å². The van der Waals surface area contributed by atoms with Gasteiger partial charge in [-0.25, -0.2) is 0 Å². The van der Waals surface area contributed by atoms with Crippen LogP contribution in [0.2, 0.25) is 58.4 Å². The Morgan fingerprint density at radius 2 is 0.955 bits per heavy atom. The van der Waals surface area contributed by atoms with Crippen molar-refractivity contribution in [3.63, 3.8) is 0 Å². The Balaban J connectivity index is 0.000000335. The van der Waals surface area contributed by atoms with E-state index in [4.69, 9.17) is 20.9 Å². The summed E-state index contributed by atoms with van der Waals surface area (Å²) >= 11 is 0. The van der Waals surface area contributed by atoms with Crippen molar-refractivity contribution >= 4 is 44.0 Å². The van der Waals surface area contributed by atoms with Crippen molar-refractivity contribution in [1.29, 1.82) is 0 Å². The van der Waals surface area contributed by atoms with Gasteiger partial charge in [0.05, 0.1) is 0 Å². The fraction of sp³-hybridized carbons (Fsp3) is 1.00. The first kappa shape index (κ1) is 20.9. The minimum absolute atomic E-state index is 0.802. The highest BCUT2D eigenvalue weighted by Crippen LogP contribution is 2.30. The van der Waals surface area contributed by atoms with E-state index < -0.39 is 34.2 Å². The van der Waals surface area contributed by atoms with Crippen LogP contribution in [0.3, 0.4) is 0 Å². The molecule has 0 aliphatic carbocycles. The van der Waals surface area contributed by atoms with Crippen LogP contribution in [-0.4, -0.2) is 50.6 Å². The lowest BCUT2D eigenvalue weighted by Gasteiger charge is -2.46. The van der Waals surface area contributed by atoms with E-state index in [-0.39, 0.29) is 0 Å². The van der Waals surface area contributed by atoms with Gasteiger partial charge in [0.2, 0.25) is 9.76 Å². The summed E-state index contributed by atoms with van der Waals surface area (Å²) in [7, 11) is -7.64. The van der Waals surface area contributed by atoms with Gasteiger partial charge in [-0.1, -0.05) is 6.42 Å². The Labute approximate surface area is 143 Å². The van der Waals surface area contributed by atoms with E-state index >= 15 is 0 Å². The van der Waals surface area contributed by atoms with Crippen molar-refractivity contribution in [2.24, 2.45) is 0 Å². The third-order valence-corrected chi connectivity index (χ3v) is 19.5. The summed E-state index contributed by atoms with van der Waals surface area (Å²) in [4.78, 5) is 0. The standard InChI is InChI=1S/C8H24O4Si4.C4H8OSi/c1-13(2)9-14(3,4)11-16(7,8)12-15(5,6)10-13;1-2-4-6-5-3-1/h1-8H3;1-4H2. The van der Waals surface area contributed by atoms with Crippen molar-refractivity contribution in [3.8, 4) is 0 Å². The van der Waals surface area contributed by atoms with Crippen LogP contribution >= 0.6 is 0 Å². The second-order valence-electron chi connectivity index (χ2n) is 7.46. The Morgan fingerprint density at radius 3 is 1.09 bits per heavy atom. The fourth-order valence-corrected chi connectivity index (χ4v) is 24.9.